The van der Waals surface area contributed by atoms with Crippen LogP contribution in [0, 0.1) is 25.2 Å². The summed E-state index contributed by atoms with van der Waals surface area (Å²) in [7, 11) is 6.96. The van der Waals surface area contributed by atoms with Crippen LogP contribution in [0.25, 0.3) is 6.08 Å². The van der Waals surface area contributed by atoms with E-state index < -0.39 is 18.1 Å². The molecule has 0 spiro atoms. The van der Waals surface area contributed by atoms with Crippen LogP contribution in [0.15, 0.2) is 11.8 Å². The maximum Gasteiger partial charge on any atom is 0.308 e. The molecule has 47 heavy (non-hydrogen) atoms. The lowest BCUT2D eigenvalue weighted by Gasteiger charge is -2.57. The Morgan fingerprint density at radius 2 is 1.64 bits per heavy atom. The molecule has 0 radical (unpaired) electrons. The van der Waals surface area contributed by atoms with E-state index >= 15 is 0 Å². The van der Waals surface area contributed by atoms with Gasteiger partial charge < -0.3 is 33.3 Å². The second kappa shape index (κ2) is 14.4. The molecule has 3 heterocycles. The topological polar surface area (TPSA) is 103 Å². The summed E-state index contributed by atoms with van der Waals surface area (Å²) in [6, 6.07) is 3.53. The number of benzene rings is 2. The van der Waals surface area contributed by atoms with Crippen molar-refractivity contribution in [2.24, 2.45) is 0 Å². The highest BCUT2D eigenvalue weighted by Crippen LogP contribution is 2.58. The van der Waals surface area contributed by atoms with Crippen LogP contribution in [-0.2, 0) is 16.0 Å². The number of nitrogens with zero attached hydrogens (tertiary/aromatic N) is 3. The van der Waals surface area contributed by atoms with E-state index in [0.29, 0.717) is 54.6 Å². The Balaban J connectivity index is 1.85. The van der Waals surface area contributed by atoms with Crippen LogP contribution in [0.4, 0.5) is 0 Å². The lowest BCUT2D eigenvalue weighted by molar-refractivity contribution is -0.131. The Hall–Kier alpha value is -3.94. The Labute approximate surface area is 279 Å². The minimum absolute atomic E-state index is 0.114. The number of rotatable bonds is 13. The number of carbonyl (C=O) groups excluding carboxylic acids is 1. The van der Waals surface area contributed by atoms with E-state index in [0.717, 1.165) is 65.1 Å². The average Bonchev–Trinajstić information content (AvgIpc) is 3.04. The van der Waals surface area contributed by atoms with Crippen molar-refractivity contribution < 1.29 is 33.2 Å². The predicted molar refractivity (Wildman–Crippen MR) is 179 cm³/mol. The van der Waals surface area contributed by atoms with Gasteiger partial charge in [0.15, 0.2) is 23.0 Å². The van der Waals surface area contributed by atoms with Gasteiger partial charge in [0.1, 0.15) is 11.8 Å². The summed E-state index contributed by atoms with van der Waals surface area (Å²) in [6.07, 6.45) is 6.56. The molecule has 0 amide bonds. The monoisotopic (exact) mass is 647 g/mol. The maximum atomic E-state index is 12.5. The molecule has 2 unspecified atom stereocenters. The van der Waals surface area contributed by atoms with Gasteiger partial charge in [-0.1, -0.05) is 32.8 Å². The SMILES string of the molecule is CCCCOC[C@H]1c2c(c(OC(C)=O)c(C)c(OC)c2OC)C=C2C3c4c(cc(C)c(OC)c4OCCCC)CC([C@H](C#N)N21)N3C. The minimum atomic E-state index is -0.510. The molecule has 10 heteroatoms. The molecular weight excluding hydrogens is 598 g/mol. The third-order valence-corrected chi connectivity index (χ3v) is 9.70. The minimum Gasteiger partial charge on any atom is -0.493 e. The predicted octanol–water partition coefficient (Wildman–Crippen LogP) is 6.45. The van der Waals surface area contributed by atoms with Gasteiger partial charge in [-0.05, 0) is 57.4 Å². The molecule has 254 valence electrons. The van der Waals surface area contributed by atoms with E-state index in [2.05, 4.69) is 48.9 Å². The molecular formula is C37H49N3O7. The summed E-state index contributed by atoms with van der Waals surface area (Å²) in [5.41, 5.74) is 6.23. The highest BCUT2D eigenvalue weighted by Gasteiger charge is 2.53. The molecule has 2 aromatic carbocycles. The van der Waals surface area contributed by atoms with Crippen molar-refractivity contribution in [3.63, 3.8) is 0 Å². The van der Waals surface area contributed by atoms with Gasteiger partial charge in [0, 0.05) is 47.5 Å². The molecule has 2 bridgehead atoms. The number of nitriles is 1. The van der Waals surface area contributed by atoms with E-state index in [1.165, 1.54) is 6.92 Å². The summed E-state index contributed by atoms with van der Waals surface area (Å²) in [4.78, 5) is 17.0. The summed E-state index contributed by atoms with van der Waals surface area (Å²) in [5, 5.41) is 10.9. The summed E-state index contributed by atoms with van der Waals surface area (Å²) in [6.45, 7) is 11.0. The molecule has 0 saturated carbocycles. The number of likely N-dealkylation sites (N-methyl/N-ethyl adjacent to an activating group) is 1. The third-order valence-electron chi connectivity index (χ3n) is 9.70. The number of unbranched alkanes of at least 4 members (excludes halogenated alkanes) is 2. The first-order chi connectivity index (χ1) is 22.7. The zero-order valence-corrected chi connectivity index (χ0v) is 29.3. The second-order valence-electron chi connectivity index (χ2n) is 12.6. The fraction of sp³-hybridized carbons (Fsp3) is 0.568. The fourth-order valence-electron chi connectivity index (χ4n) is 7.59. The van der Waals surface area contributed by atoms with Gasteiger partial charge in [-0.25, -0.2) is 0 Å². The van der Waals surface area contributed by atoms with Gasteiger partial charge in [0.25, 0.3) is 0 Å². The zero-order chi connectivity index (χ0) is 34.0. The van der Waals surface area contributed by atoms with Crippen molar-refractivity contribution in [2.75, 3.05) is 48.2 Å². The van der Waals surface area contributed by atoms with Gasteiger partial charge >= 0.3 is 5.97 Å². The quantitative estimate of drug-likeness (QED) is 0.137. The second-order valence-corrected chi connectivity index (χ2v) is 12.6. The van der Waals surface area contributed by atoms with Crippen LogP contribution >= 0.6 is 0 Å². The Bertz CT molecular complexity index is 1580. The number of piperazine rings is 1. The van der Waals surface area contributed by atoms with Crippen LogP contribution in [0.5, 0.6) is 28.7 Å². The number of hydrogen-bond acceptors (Lipinski definition) is 10. The van der Waals surface area contributed by atoms with Gasteiger partial charge in [0.2, 0.25) is 0 Å². The van der Waals surface area contributed by atoms with Crippen molar-refractivity contribution in [3.8, 4) is 34.8 Å². The highest BCUT2D eigenvalue weighted by molar-refractivity contribution is 5.80. The molecule has 4 atom stereocenters. The molecule has 5 rings (SSSR count). The number of methoxy groups -OCH3 is 3. The number of carbonyl (C=O) groups is 1. The maximum absolute atomic E-state index is 12.5. The average molecular weight is 648 g/mol. The standard InChI is InChI=1S/C37H49N3O7/c1-10-12-14-45-20-29-31-25(34(47-23(5)41)22(4)35(43-8)36(31)44-9)18-27-32-30-24(17-26(39(32)6)28(19-38)40(27)29)16-21(3)33(42-7)37(30)46-15-13-11-2/h16,18,26,28-29,32H,10-15,17,20H2,1-9H3/t26?,28-,29-,32?/m0/s1. The van der Waals surface area contributed by atoms with E-state index in [1.807, 2.05) is 13.8 Å². The van der Waals surface area contributed by atoms with E-state index in [9.17, 15) is 10.1 Å². The first-order valence-electron chi connectivity index (χ1n) is 16.7. The van der Waals surface area contributed by atoms with Crippen LogP contribution in [0.1, 0.15) is 91.9 Å². The molecule has 2 aromatic rings. The van der Waals surface area contributed by atoms with Crippen LogP contribution in [-0.4, -0.2) is 76.1 Å². The van der Waals surface area contributed by atoms with E-state index in [-0.39, 0.29) is 12.1 Å². The Morgan fingerprint density at radius 3 is 2.26 bits per heavy atom. The Morgan fingerprint density at radius 1 is 0.957 bits per heavy atom. The molecule has 0 aliphatic carbocycles. The fourth-order valence-corrected chi connectivity index (χ4v) is 7.59. The van der Waals surface area contributed by atoms with Crippen LogP contribution in [0.3, 0.4) is 0 Å². The van der Waals surface area contributed by atoms with Crippen molar-refractivity contribution in [3.05, 3.63) is 45.1 Å². The zero-order valence-electron chi connectivity index (χ0n) is 29.3. The van der Waals surface area contributed by atoms with Gasteiger partial charge in [-0.2, -0.15) is 5.26 Å². The third kappa shape index (κ3) is 5.89. The molecule has 1 fully saturated rings. The van der Waals surface area contributed by atoms with E-state index in [1.54, 1.807) is 21.3 Å². The molecule has 3 aliphatic rings. The molecule has 3 aliphatic heterocycles. The lowest BCUT2D eigenvalue weighted by Crippen LogP contribution is -2.62. The number of esters is 1. The summed E-state index contributed by atoms with van der Waals surface area (Å²) >= 11 is 0. The van der Waals surface area contributed by atoms with Crippen molar-refractivity contribution in [1.82, 2.24) is 9.80 Å². The van der Waals surface area contributed by atoms with Gasteiger partial charge in [-0.15, -0.1) is 0 Å². The van der Waals surface area contributed by atoms with Crippen molar-refractivity contribution in [2.45, 2.75) is 90.9 Å². The van der Waals surface area contributed by atoms with Crippen molar-refractivity contribution >= 4 is 12.0 Å². The molecule has 0 aromatic heterocycles. The first-order valence-corrected chi connectivity index (χ1v) is 16.7. The van der Waals surface area contributed by atoms with Gasteiger partial charge in [0.05, 0.1) is 52.7 Å². The molecule has 10 nitrogen and oxygen atoms in total. The summed E-state index contributed by atoms with van der Waals surface area (Å²) < 4.78 is 36.8. The summed E-state index contributed by atoms with van der Waals surface area (Å²) in [5.74, 6) is 2.46. The smallest absolute Gasteiger partial charge is 0.308 e. The molecule has 0 N–H and O–H groups in total. The number of ether oxygens (including phenoxy) is 6. The van der Waals surface area contributed by atoms with Crippen molar-refractivity contribution in [1.29, 1.82) is 5.26 Å². The largest absolute Gasteiger partial charge is 0.493 e. The lowest BCUT2D eigenvalue weighted by atomic mass is 9.75. The van der Waals surface area contributed by atoms with Crippen LogP contribution in [0.2, 0.25) is 0 Å². The number of fused-ring (bicyclic) bond motifs is 7. The molecule has 1 saturated heterocycles. The van der Waals surface area contributed by atoms with Gasteiger partial charge in [-0.3, -0.25) is 9.69 Å². The van der Waals surface area contributed by atoms with Crippen LogP contribution < -0.4 is 23.7 Å². The highest BCUT2D eigenvalue weighted by atomic mass is 16.5. The Kier molecular flexibility index (Phi) is 10.6. The number of hydrogen-bond donors (Lipinski definition) is 0. The normalized spacial score (nSPS) is 21.1. The first kappa shape index (κ1) is 34.4. The number of aryl methyl sites for hydroxylation is 1. The van der Waals surface area contributed by atoms with E-state index in [4.69, 9.17) is 28.4 Å².